The molecule has 5 nitrogen and oxygen atoms in total. The lowest BCUT2D eigenvalue weighted by molar-refractivity contribution is 0.378. The molecular formula is C12H21O5PS. The minimum absolute atomic E-state index is 0.814. The van der Waals surface area contributed by atoms with Crippen LogP contribution in [0.25, 0.3) is 0 Å². The highest BCUT2D eigenvalue weighted by Gasteiger charge is 2.22. The minimum Gasteiger partial charge on any atom is -0.324 e. The Kier molecular flexibility index (Phi) is 7.52. The fraction of sp³-hybridized carbons (Fsp3) is 0.500. The van der Waals surface area contributed by atoms with Crippen molar-refractivity contribution in [3.63, 3.8) is 0 Å². The third-order valence-electron chi connectivity index (χ3n) is 2.11. The van der Waals surface area contributed by atoms with E-state index in [9.17, 15) is 13.0 Å². The lowest BCUT2D eigenvalue weighted by atomic mass is 10.1. The van der Waals surface area contributed by atoms with Crippen molar-refractivity contribution in [2.45, 2.75) is 33.6 Å². The van der Waals surface area contributed by atoms with E-state index in [1.807, 2.05) is 20.8 Å². The van der Waals surface area contributed by atoms with Crippen LogP contribution in [0.4, 0.5) is 0 Å². The molecule has 0 spiro atoms. The number of sulfone groups is 1. The molecule has 0 saturated heterocycles. The van der Waals surface area contributed by atoms with Crippen molar-refractivity contribution < 1.29 is 22.8 Å². The molecule has 0 bridgehead atoms. The van der Waals surface area contributed by atoms with Gasteiger partial charge in [0.2, 0.25) is 0 Å². The van der Waals surface area contributed by atoms with Gasteiger partial charge in [0.05, 0.1) is 0 Å². The van der Waals surface area contributed by atoms with Gasteiger partial charge in [0.15, 0.2) is 15.3 Å². The molecule has 0 aromatic heterocycles. The topological polar surface area (TPSA) is 91.7 Å². The molecule has 2 N–H and O–H groups in total. The molecular weight excluding hydrogens is 287 g/mol. The van der Waals surface area contributed by atoms with Crippen molar-refractivity contribution in [3.05, 3.63) is 34.8 Å². The van der Waals surface area contributed by atoms with Gasteiger partial charge in [0, 0.05) is 5.41 Å². The average Bonchev–Trinajstić information content (AvgIpc) is 2.12. The molecule has 0 aromatic carbocycles. The van der Waals surface area contributed by atoms with Crippen LogP contribution in [0, 0.1) is 0 Å². The van der Waals surface area contributed by atoms with Crippen LogP contribution in [0.15, 0.2) is 34.8 Å². The summed E-state index contributed by atoms with van der Waals surface area (Å²) < 4.78 is 33.2. The monoisotopic (exact) mass is 308 g/mol. The van der Waals surface area contributed by atoms with Gasteiger partial charge in [-0.05, 0) is 33.6 Å². The molecule has 19 heavy (non-hydrogen) atoms. The first-order valence-electron chi connectivity index (χ1n) is 5.76. The van der Waals surface area contributed by atoms with Gasteiger partial charge in [0.1, 0.15) is 0 Å². The van der Waals surface area contributed by atoms with Crippen molar-refractivity contribution in [1.29, 1.82) is 0 Å². The zero-order valence-corrected chi connectivity index (χ0v) is 13.1. The van der Waals surface area contributed by atoms with Crippen LogP contribution < -0.4 is 0 Å². The van der Waals surface area contributed by atoms with Gasteiger partial charge < -0.3 is 9.79 Å². The Balaban J connectivity index is 4.49. The van der Waals surface area contributed by atoms with Crippen molar-refractivity contribution >= 4 is 17.4 Å². The maximum absolute atomic E-state index is 11.3. The summed E-state index contributed by atoms with van der Waals surface area (Å²) in [5.74, 6) is 0. The Morgan fingerprint density at radius 3 is 2.26 bits per heavy atom. The average molecular weight is 308 g/mol. The van der Waals surface area contributed by atoms with Crippen molar-refractivity contribution in [2.75, 3.05) is 5.49 Å². The van der Waals surface area contributed by atoms with E-state index in [4.69, 9.17) is 9.79 Å². The van der Waals surface area contributed by atoms with Gasteiger partial charge in [-0.1, -0.05) is 29.4 Å². The summed E-state index contributed by atoms with van der Waals surface area (Å²) in [5.41, 5.74) is 1.08. The fourth-order valence-electron chi connectivity index (χ4n) is 1.27. The second-order valence-electron chi connectivity index (χ2n) is 4.62. The molecule has 0 unspecified atom stereocenters. The molecule has 0 radical (unpaired) electrons. The summed E-state index contributed by atoms with van der Waals surface area (Å²) in [5, 5.41) is 0.830. The van der Waals surface area contributed by atoms with Crippen LogP contribution in [-0.2, 0) is 14.4 Å². The Hall–Kier alpha value is -0.680. The molecule has 0 aromatic rings. The highest BCUT2D eigenvalue weighted by Crippen LogP contribution is 2.36. The number of hydrogen-bond acceptors (Lipinski definition) is 3. The molecule has 0 fully saturated rings. The zero-order valence-electron chi connectivity index (χ0n) is 11.4. The first-order chi connectivity index (χ1) is 8.52. The van der Waals surface area contributed by atoms with Crippen molar-refractivity contribution in [3.8, 4) is 0 Å². The minimum atomic E-state index is -4.55. The van der Waals surface area contributed by atoms with Crippen LogP contribution in [0.5, 0.6) is 0 Å². The van der Waals surface area contributed by atoms with Crippen molar-refractivity contribution in [1.82, 2.24) is 0 Å². The van der Waals surface area contributed by atoms with E-state index in [-0.39, 0.29) is 0 Å². The predicted octanol–water partition coefficient (Wildman–Crippen LogP) is 2.74. The standard InChI is InChI=1S/C12H21O5PS/c1-11(2)6-4-7-12(3)8-5-9-19(16,17)10-18(13,14)15/h5-6,8-9H,4,7,10H2,1-3H3,(H2,13,14,15)/b9-5+,12-8+. The first kappa shape index (κ1) is 18.3. The third-order valence-corrected chi connectivity index (χ3v) is 5.46. The Morgan fingerprint density at radius 1 is 1.21 bits per heavy atom. The third kappa shape index (κ3) is 12.1. The lowest BCUT2D eigenvalue weighted by Crippen LogP contribution is -2.02. The summed E-state index contributed by atoms with van der Waals surface area (Å²) in [6, 6.07) is 0. The van der Waals surface area contributed by atoms with Gasteiger partial charge in [-0.15, -0.1) is 0 Å². The molecule has 0 aliphatic carbocycles. The molecule has 0 saturated carbocycles. The van der Waals surface area contributed by atoms with Crippen LogP contribution in [-0.4, -0.2) is 23.7 Å². The van der Waals surface area contributed by atoms with Gasteiger partial charge in [-0.2, -0.15) is 0 Å². The number of hydrogen-bond donors (Lipinski definition) is 2. The number of rotatable bonds is 7. The second-order valence-corrected chi connectivity index (χ2v) is 8.58. The summed E-state index contributed by atoms with van der Waals surface area (Å²) >= 11 is 0. The van der Waals surface area contributed by atoms with E-state index in [1.54, 1.807) is 6.08 Å². The van der Waals surface area contributed by atoms with Gasteiger partial charge >= 0.3 is 7.60 Å². The predicted molar refractivity (Wildman–Crippen MR) is 77.4 cm³/mol. The maximum atomic E-state index is 11.3. The van der Waals surface area contributed by atoms with E-state index >= 15 is 0 Å². The molecule has 110 valence electrons. The van der Waals surface area contributed by atoms with Crippen LogP contribution >= 0.6 is 7.60 Å². The second kappa shape index (κ2) is 7.80. The van der Waals surface area contributed by atoms with E-state index in [0.29, 0.717) is 0 Å². The molecule has 0 aliphatic heterocycles. The molecule has 0 atom stereocenters. The largest absolute Gasteiger partial charge is 0.340 e. The molecule has 0 aliphatic rings. The summed E-state index contributed by atoms with van der Waals surface area (Å²) in [4.78, 5) is 17.2. The van der Waals surface area contributed by atoms with E-state index in [0.717, 1.165) is 23.8 Å². The lowest BCUT2D eigenvalue weighted by Gasteiger charge is -2.00. The highest BCUT2D eigenvalue weighted by molar-refractivity contribution is 7.99. The fourth-order valence-corrected chi connectivity index (χ4v) is 3.81. The zero-order chi connectivity index (χ0) is 15.1. The number of allylic oxidation sites excluding steroid dienone is 5. The smallest absolute Gasteiger partial charge is 0.324 e. The summed E-state index contributed by atoms with van der Waals surface area (Å²) in [7, 11) is -8.42. The molecule has 0 amide bonds. The maximum Gasteiger partial charge on any atom is 0.340 e. The highest BCUT2D eigenvalue weighted by atomic mass is 32.2. The Morgan fingerprint density at radius 2 is 1.79 bits per heavy atom. The van der Waals surface area contributed by atoms with Gasteiger partial charge in [-0.3, -0.25) is 4.57 Å². The van der Waals surface area contributed by atoms with Gasteiger partial charge in [0.25, 0.3) is 0 Å². The summed E-state index contributed by atoms with van der Waals surface area (Å²) in [6.45, 7) is 5.89. The summed E-state index contributed by atoms with van der Waals surface area (Å²) in [6.07, 6.45) is 6.73. The quantitative estimate of drug-likeness (QED) is 0.428. The molecule has 0 rings (SSSR count). The van der Waals surface area contributed by atoms with E-state index in [1.165, 1.54) is 11.6 Å². The van der Waals surface area contributed by atoms with Crippen LogP contribution in [0.1, 0.15) is 33.6 Å². The SMILES string of the molecule is CC(C)=CCC/C(C)=C/C=C/S(=O)(=O)CP(=O)(O)O. The van der Waals surface area contributed by atoms with Crippen molar-refractivity contribution in [2.24, 2.45) is 0 Å². The molecule has 0 heterocycles. The Labute approximate surface area is 114 Å². The van der Waals surface area contributed by atoms with Crippen LogP contribution in [0.3, 0.4) is 0 Å². The Bertz CT molecular complexity index is 518. The first-order valence-corrected chi connectivity index (χ1v) is 9.28. The van der Waals surface area contributed by atoms with E-state index in [2.05, 4.69) is 6.08 Å². The van der Waals surface area contributed by atoms with Crippen LogP contribution in [0.2, 0.25) is 0 Å². The van der Waals surface area contributed by atoms with E-state index < -0.39 is 22.9 Å². The normalized spacial score (nSPS) is 13.8. The molecule has 7 heteroatoms. The van der Waals surface area contributed by atoms with Gasteiger partial charge in [-0.25, -0.2) is 8.42 Å².